The van der Waals surface area contributed by atoms with E-state index in [1.807, 2.05) is 47.7 Å². The average molecular weight is 707 g/mol. The summed E-state index contributed by atoms with van der Waals surface area (Å²) in [6, 6.07) is 64.3. The largest absolute Gasteiger partial charge is 0.277 e. The number of rotatable bonds is 5. The van der Waals surface area contributed by atoms with Crippen molar-refractivity contribution < 1.29 is 0 Å². The van der Waals surface area contributed by atoms with Gasteiger partial charge < -0.3 is 0 Å². The lowest BCUT2D eigenvalue weighted by Gasteiger charge is -2.12. The lowest BCUT2D eigenvalue weighted by atomic mass is 9.96. The van der Waals surface area contributed by atoms with Crippen molar-refractivity contribution in [1.29, 1.82) is 0 Å². The second kappa shape index (κ2) is 12.3. The van der Waals surface area contributed by atoms with Crippen LogP contribution in [0.15, 0.2) is 182 Å². The van der Waals surface area contributed by atoms with Crippen LogP contribution in [-0.4, -0.2) is 19.5 Å². The average Bonchev–Trinajstić information content (AvgIpc) is 3.81. The second-order valence-electron chi connectivity index (χ2n) is 13.6. The molecule has 0 radical (unpaired) electrons. The summed E-state index contributed by atoms with van der Waals surface area (Å²) in [5.41, 5.74) is 8.77. The quantitative estimate of drug-likeness (QED) is 0.179. The molecule has 0 unspecified atom stereocenters. The summed E-state index contributed by atoms with van der Waals surface area (Å²) in [5.74, 6) is 1.85. The van der Waals surface area contributed by atoms with Crippen molar-refractivity contribution in [3.8, 4) is 51.0 Å². The highest BCUT2D eigenvalue weighted by molar-refractivity contribution is 7.27. The molecule has 11 aromatic rings. The Bertz CT molecular complexity index is 3130. The molecular weight excluding hydrogens is 677 g/mol. The zero-order valence-electron chi connectivity index (χ0n) is 29.0. The van der Waals surface area contributed by atoms with Crippen molar-refractivity contribution in [2.24, 2.45) is 0 Å². The Labute approximate surface area is 315 Å². The molecule has 0 saturated carbocycles. The Hall–Kier alpha value is -6.95. The van der Waals surface area contributed by atoms with E-state index < -0.39 is 0 Å². The molecule has 0 saturated heterocycles. The molecule has 0 aliphatic heterocycles. The fourth-order valence-corrected chi connectivity index (χ4v) is 9.18. The molecule has 0 aliphatic rings. The molecule has 5 heteroatoms. The van der Waals surface area contributed by atoms with Crippen LogP contribution >= 0.6 is 11.3 Å². The maximum Gasteiger partial charge on any atom is 0.238 e. The molecule has 0 amide bonds. The van der Waals surface area contributed by atoms with Gasteiger partial charge in [0.05, 0.1) is 11.0 Å². The van der Waals surface area contributed by atoms with Gasteiger partial charge in [-0.05, 0) is 46.5 Å². The molecule has 252 valence electrons. The Morgan fingerprint density at radius 3 is 1.46 bits per heavy atom. The summed E-state index contributed by atoms with van der Waals surface area (Å²) in [7, 11) is 0. The van der Waals surface area contributed by atoms with Crippen molar-refractivity contribution in [2.75, 3.05) is 0 Å². The maximum atomic E-state index is 5.29. The van der Waals surface area contributed by atoms with Crippen LogP contribution in [0.3, 0.4) is 0 Å². The first-order valence-electron chi connectivity index (χ1n) is 18.1. The van der Waals surface area contributed by atoms with E-state index >= 15 is 0 Å². The van der Waals surface area contributed by atoms with E-state index in [9.17, 15) is 0 Å². The number of fused-ring (bicyclic) bond motifs is 10. The predicted molar refractivity (Wildman–Crippen MR) is 226 cm³/mol. The van der Waals surface area contributed by atoms with Crippen LogP contribution in [0.4, 0.5) is 0 Å². The molecule has 8 aromatic carbocycles. The summed E-state index contributed by atoms with van der Waals surface area (Å²) >= 11 is 1.87. The van der Waals surface area contributed by atoms with Crippen molar-refractivity contribution >= 4 is 64.1 Å². The minimum absolute atomic E-state index is 0.587. The van der Waals surface area contributed by atoms with Crippen LogP contribution in [0.1, 0.15) is 0 Å². The van der Waals surface area contributed by atoms with Gasteiger partial charge in [0, 0.05) is 52.8 Å². The first kappa shape index (κ1) is 30.7. The molecule has 3 aromatic heterocycles. The lowest BCUT2D eigenvalue weighted by molar-refractivity contribution is 0.955. The van der Waals surface area contributed by atoms with Gasteiger partial charge in [0.25, 0.3) is 0 Å². The van der Waals surface area contributed by atoms with Crippen molar-refractivity contribution in [3.63, 3.8) is 0 Å². The topological polar surface area (TPSA) is 43.6 Å². The van der Waals surface area contributed by atoms with Crippen molar-refractivity contribution in [3.05, 3.63) is 182 Å². The van der Waals surface area contributed by atoms with Crippen molar-refractivity contribution in [1.82, 2.24) is 19.5 Å². The van der Waals surface area contributed by atoms with Gasteiger partial charge in [-0.15, -0.1) is 11.3 Å². The molecular formula is C49H30N4S. The number of aromatic nitrogens is 4. The second-order valence-corrected chi connectivity index (χ2v) is 14.7. The fraction of sp³-hybridized carbons (Fsp3) is 0. The van der Waals surface area contributed by atoms with E-state index in [0.29, 0.717) is 17.6 Å². The van der Waals surface area contributed by atoms with Gasteiger partial charge in [-0.2, -0.15) is 9.97 Å². The van der Waals surface area contributed by atoms with E-state index in [0.717, 1.165) is 32.9 Å². The molecule has 4 nitrogen and oxygen atoms in total. The smallest absolute Gasteiger partial charge is 0.238 e. The normalized spacial score (nSPS) is 11.7. The summed E-state index contributed by atoms with van der Waals surface area (Å²) in [6.07, 6.45) is 0. The molecule has 0 bridgehead atoms. The molecule has 11 rings (SSSR count). The first-order chi connectivity index (χ1) is 26.8. The van der Waals surface area contributed by atoms with Crippen molar-refractivity contribution in [2.45, 2.75) is 0 Å². The van der Waals surface area contributed by atoms with Crippen LogP contribution < -0.4 is 0 Å². The first-order valence-corrected chi connectivity index (χ1v) is 18.9. The standard InChI is InChI=1S/C49H30N4S/c1-5-15-31(16-6-1)35-25-27-41-39(29-35)43-44-40-30-36(32-17-7-2-8-18-32)26-28-42(40)54-46(44)38-24-14-13-23-37(38)45(43)53(41)49-51-47(33-19-9-3-10-20-33)50-48(52-49)34-21-11-4-12-22-34/h1-30H. The van der Waals surface area contributed by atoms with Gasteiger partial charge in [-0.3, -0.25) is 4.57 Å². The number of nitrogens with zero attached hydrogens (tertiary/aromatic N) is 4. The van der Waals surface area contributed by atoms with Gasteiger partial charge in [-0.25, -0.2) is 4.98 Å². The van der Waals surface area contributed by atoms with E-state index in [-0.39, 0.29) is 0 Å². The highest BCUT2D eigenvalue weighted by Crippen LogP contribution is 2.49. The number of thiophene rings is 1. The van der Waals surface area contributed by atoms with E-state index in [4.69, 9.17) is 15.0 Å². The monoisotopic (exact) mass is 706 g/mol. The Morgan fingerprint density at radius 1 is 0.370 bits per heavy atom. The third-order valence-corrected chi connectivity index (χ3v) is 11.6. The zero-order valence-corrected chi connectivity index (χ0v) is 29.8. The summed E-state index contributed by atoms with van der Waals surface area (Å²) in [6.45, 7) is 0. The third-order valence-electron chi connectivity index (χ3n) is 10.4. The highest BCUT2D eigenvalue weighted by atomic mass is 32.1. The Balaban J connectivity index is 1.33. The number of benzene rings is 8. The molecule has 0 aliphatic carbocycles. The zero-order chi connectivity index (χ0) is 35.6. The van der Waals surface area contributed by atoms with Crippen LogP contribution in [0, 0.1) is 0 Å². The van der Waals surface area contributed by atoms with Crippen LogP contribution in [0.5, 0.6) is 0 Å². The molecule has 3 heterocycles. The minimum atomic E-state index is 0.587. The third kappa shape index (κ3) is 4.86. The molecule has 54 heavy (non-hydrogen) atoms. The molecule has 0 N–H and O–H groups in total. The maximum absolute atomic E-state index is 5.29. The highest BCUT2D eigenvalue weighted by Gasteiger charge is 2.24. The number of hydrogen-bond donors (Lipinski definition) is 0. The lowest BCUT2D eigenvalue weighted by Crippen LogP contribution is -2.06. The fourth-order valence-electron chi connectivity index (χ4n) is 7.95. The van der Waals surface area contributed by atoms with Crippen LogP contribution in [-0.2, 0) is 0 Å². The summed E-state index contributed by atoms with van der Waals surface area (Å²) < 4.78 is 4.83. The van der Waals surface area contributed by atoms with Gasteiger partial charge in [0.15, 0.2) is 11.6 Å². The van der Waals surface area contributed by atoms with Crippen LogP contribution in [0.2, 0.25) is 0 Å². The van der Waals surface area contributed by atoms with E-state index in [1.165, 1.54) is 53.2 Å². The molecule has 0 spiro atoms. The Morgan fingerprint density at radius 2 is 0.870 bits per heavy atom. The Kier molecular flexibility index (Phi) is 7.00. The molecule has 0 atom stereocenters. The van der Waals surface area contributed by atoms with Crippen LogP contribution in [0.25, 0.3) is 104 Å². The van der Waals surface area contributed by atoms with Gasteiger partial charge in [-0.1, -0.05) is 158 Å². The predicted octanol–water partition coefficient (Wildman–Crippen LogP) is 13.2. The number of hydrogen-bond acceptors (Lipinski definition) is 4. The van der Waals surface area contributed by atoms with E-state index in [1.54, 1.807) is 0 Å². The van der Waals surface area contributed by atoms with E-state index in [2.05, 4.69) is 150 Å². The summed E-state index contributed by atoms with van der Waals surface area (Å²) in [4.78, 5) is 15.6. The minimum Gasteiger partial charge on any atom is -0.277 e. The summed E-state index contributed by atoms with van der Waals surface area (Å²) in [5, 5.41) is 7.26. The van der Waals surface area contributed by atoms with Gasteiger partial charge in [0.2, 0.25) is 5.95 Å². The molecule has 0 fully saturated rings. The SMILES string of the molecule is c1ccc(-c2ccc3sc4c5ccccc5c5c(c6cc(-c7ccccc7)ccc6n5-c5nc(-c6ccccc6)nc(-c6ccccc6)n5)c4c3c2)cc1. The van der Waals surface area contributed by atoms with Gasteiger partial charge >= 0.3 is 0 Å². The van der Waals surface area contributed by atoms with Gasteiger partial charge in [0.1, 0.15) is 0 Å².